The maximum Gasteiger partial charge on any atom is 0.222 e. The number of nitrogens with one attached hydrogen (secondary N) is 1. The number of hydrogen-bond acceptors (Lipinski definition) is 3. The first-order chi connectivity index (χ1) is 6.75. The van der Waals surface area contributed by atoms with Gasteiger partial charge in [-0.2, -0.15) is 0 Å². The zero-order chi connectivity index (χ0) is 9.97. The van der Waals surface area contributed by atoms with E-state index in [4.69, 9.17) is 0 Å². The first kappa shape index (κ1) is 9.93. The van der Waals surface area contributed by atoms with Crippen LogP contribution in [-0.4, -0.2) is 61.5 Å². The third-order valence-corrected chi connectivity index (χ3v) is 3.07. The van der Waals surface area contributed by atoms with Gasteiger partial charge in [0.15, 0.2) is 0 Å². The minimum Gasteiger partial charge on any atom is -0.341 e. The van der Waals surface area contributed by atoms with Crippen molar-refractivity contribution in [2.75, 3.05) is 39.8 Å². The molecule has 1 atom stereocenters. The summed E-state index contributed by atoms with van der Waals surface area (Å²) in [5.41, 5.74) is 0. The number of amides is 1. The minimum absolute atomic E-state index is 0.333. The highest BCUT2D eigenvalue weighted by Gasteiger charge is 2.25. The average Bonchev–Trinajstić information content (AvgIpc) is 2.52. The van der Waals surface area contributed by atoms with Crippen LogP contribution in [0.2, 0.25) is 0 Å². The number of likely N-dealkylation sites (tertiary alicyclic amines) is 1. The molecule has 0 spiro atoms. The Morgan fingerprint density at radius 3 is 3.00 bits per heavy atom. The van der Waals surface area contributed by atoms with Crippen LogP contribution in [0.15, 0.2) is 0 Å². The van der Waals surface area contributed by atoms with Gasteiger partial charge in [-0.05, 0) is 13.5 Å². The van der Waals surface area contributed by atoms with Crippen molar-refractivity contribution in [3.05, 3.63) is 0 Å². The predicted molar refractivity (Wildman–Crippen MR) is 55.1 cm³/mol. The van der Waals surface area contributed by atoms with Crippen molar-refractivity contribution in [1.29, 1.82) is 0 Å². The summed E-state index contributed by atoms with van der Waals surface area (Å²) in [4.78, 5) is 15.7. The van der Waals surface area contributed by atoms with Crippen LogP contribution in [0, 0.1) is 0 Å². The lowest BCUT2D eigenvalue weighted by atomic mass is 10.2. The molecule has 0 saturated carbocycles. The summed E-state index contributed by atoms with van der Waals surface area (Å²) in [6.07, 6.45) is 1.80. The molecule has 14 heavy (non-hydrogen) atoms. The van der Waals surface area contributed by atoms with Gasteiger partial charge in [-0.15, -0.1) is 0 Å². The number of likely N-dealkylation sites (N-methyl/N-ethyl adjacent to an activating group) is 1. The van der Waals surface area contributed by atoms with E-state index < -0.39 is 0 Å². The van der Waals surface area contributed by atoms with E-state index in [1.54, 1.807) is 0 Å². The van der Waals surface area contributed by atoms with E-state index in [-0.39, 0.29) is 0 Å². The minimum atomic E-state index is 0.333. The number of hydrogen-bond donors (Lipinski definition) is 1. The molecule has 0 aliphatic carbocycles. The molecule has 4 nitrogen and oxygen atoms in total. The quantitative estimate of drug-likeness (QED) is 0.649. The molecule has 1 N–H and O–H groups in total. The number of piperazine rings is 1. The molecular weight excluding hydrogens is 178 g/mol. The first-order valence-corrected chi connectivity index (χ1v) is 5.45. The van der Waals surface area contributed by atoms with Gasteiger partial charge in [0, 0.05) is 45.2 Å². The van der Waals surface area contributed by atoms with Gasteiger partial charge in [0.05, 0.1) is 0 Å². The van der Waals surface area contributed by atoms with E-state index in [1.165, 1.54) is 0 Å². The van der Waals surface area contributed by atoms with Gasteiger partial charge in [0.25, 0.3) is 0 Å². The molecule has 2 fully saturated rings. The van der Waals surface area contributed by atoms with E-state index >= 15 is 0 Å². The predicted octanol–water partition coefficient (Wildman–Crippen LogP) is -0.488. The molecule has 80 valence electrons. The lowest BCUT2D eigenvalue weighted by Gasteiger charge is -2.33. The van der Waals surface area contributed by atoms with Crippen molar-refractivity contribution in [3.63, 3.8) is 0 Å². The molecule has 4 heteroatoms. The topological polar surface area (TPSA) is 35.6 Å². The summed E-state index contributed by atoms with van der Waals surface area (Å²) < 4.78 is 0. The average molecular weight is 197 g/mol. The molecule has 2 heterocycles. The van der Waals surface area contributed by atoms with Crippen LogP contribution < -0.4 is 5.32 Å². The van der Waals surface area contributed by atoms with Gasteiger partial charge in [0.1, 0.15) is 0 Å². The van der Waals surface area contributed by atoms with Gasteiger partial charge < -0.3 is 15.1 Å². The number of rotatable bonds is 2. The molecule has 0 aromatic rings. The van der Waals surface area contributed by atoms with Crippen molar-refractivity contribution in [3.8, 4) is 0 Å². The van der Waals surface area contributed by atoms with Gasteiger partial charge >= 0.3 is 0 Å². The number of carbonyl (C=O) groups is 1. The molecule has 1 amide bonds. The maximum absolute atomic E-state index is 11.4. The van der Waals surface area contributed by atoms with Crippen LogP contribution in [-0.2, 0) is 4.79 Å². The fourth-order valence-corrected chi connectivity index (χ4v) is 2.28. The van der Waals surface area contributed by atoms with Crippen molar-refractivity contribution < 1.29 is 4.79 Å². The van der Waals surface area contributed by atoms with E-state index in [1.807, 2.05) is 4.90 Å². The SMILES string of the molecule is CN1CCNC(CN2CCCC2=O)C1. The molecule has 1 unspecified atom stereocenters. The van der Waals surface area contributed by atoms with Gasteiger partial charge in [0.2, 0.25) is 5.91 Å². The van der Waals surface area contributed by atoms with E-state index in [2.05, 4.69) is 17.3 Å². The molecule has 0 aromatic heterocycles. The lowest BCUT2D eigenvalue weighted by Crippen LogP contribution is -2.53. The summed E-state index contributed by atoms with van der Waals surface area (Å²) in [5, 5.41) is 3.46. The standard InChI is InChI=1S/C10H19N3O/c1-12-6-4-11-9(7-12)8-13-5-2-3-10(13)14/h9,11H,2-8H2,1H3. The first-order valence-electron chi connectivity index (χ1n) is 5.45. The van der Waals surface area contributed by atoms with E-state index in [0.29, 0.717) is 11.9 Å². The third-order valence-electron chi connectivity index (χ3n) is 3.07. The fraction of sp³-hybridized carbons (Fsp3) is 0.900. The summed E-state index contributed by atoms with van der Waals surface area (Å²) >= 11 is 0. The molecule has 2 saturated heterocycles. The van der Waals surface area contributed by atoms with Crippen LogP contribution in [0.1, 0.15) is 12.8 Å². The molecule has 0 bridgehead atoms. The van der Waals surface area contributed by atoms with Crippen molar-refractivity contribution in [2.24, 2.45) is 0 Å². The highest BCUT2D eigenvalue weighted by molar-refractivity contribution is 5.78. The Labute approximate surface area is 85.2 Å². The Bertz CT molecular complexity index is 219. The molecule has 2 aliphatic heterocycles. The summed E-state index contributed by atoms with van der Waals surface area (Å²) in [6.45, 7) is 5.07. The summed E-state index contributed by atoms with van der Waals surface area (Å²) in [7, 11) is 2.14. The van der Waals surface area contributed by atoms with Gasteiger partial charge in [-0.3, -0.25) is 4.79 Å². The molecular formula is C10H19N3O. The van der Waals surface area contributed by atoms with E-state index in [9.17, 15) is 4.79 Å². The number of nitrogens with zero attached hydrogens (tertiary/aromatic N) is 2. The highest BCUT2D eigenvalue weighted by Crippen LogP contribution is 2.10. The second kappa shape index (κ2) is 4.28. The lowest BCUT2D eigenvalue weighted by molar-refractivity contribution is -0.128. The molecule has 0 radical (unpaired) electrons. The number of carbonyl (C=O) groups excluding carboxylic acids is 1. The fourth-order valence-electron chi connectivity index (χ4n) is 2.28. The Balaban J connectivity index is 1.81. The van der Waals surface area contributed by atoms with Gasteiger partial charge in [-0.1, -0.05) is 0 Å². The van der Waals surface area contributed by atoms with Crippen molar-refractivity contribution >= 4 is 5.91 Å². The maximum atomic E-state index is 11.4. The normalized spacial score (nSPS) is 29.9. The second-order valence-corrected chi connectivity index (χ2v) is 4.36. The van der Waals surface area contributed by atoms with Gasteiger partial charge in [-0.25, -0.2) is 0 Å². The van der Waals surface area contributed by atoms with Crippen molar-refractivity contribution in [1.82, 2.24) is 15.1 Å². The zero-order valence-corrected chi connectivity index (χ0v) is 8.83. The van der Waals surface area contributed by atoms with Crippen LogP contribution in [0.5, 0.6) is 0 Å². The third kappa shape index (κ3) is 2.25. The zero-order valence-electron chi connectivity index (χ0n) is 8.83. The monoisotopic (exact) mass is 197 g/mol. The van der Waals surface area contributed by atoms with E-state index in [0.717, 1.165) is 45.6 Å². The van der Waals surface area contributed by atoms with Crippen LogP contribution in [0.4, 0.5) is 0 Å². The largest absolute Gasteiger partial charge is 0.341 e. The second-order valence-electron chi connectivity index (χ2n) is 4.36. The smallest absolute Gasteiger partial charge is 0.222 e. The molecule has 2 rings (SSSR count). The van der Waals surface area contributed by atoms with Crippen LogP contribution in [0.25, 0.3) is 0 Å². The Morgan fingerprint density at radius 2 is 2.36 bits per heavy atom. The van der Waals surface area contributed by atoms with Crippen LogP contribution >= 0.6 is 0 Å². The summed E-state index contributed by atoms with van der Waals surface area (Å²) in [5.74, 6) is 0.333. The molecule has 2 aliphatic rings. The van der Waals surface area contributed by atoms with Crippen molar-refractivity contribution in [2.45, 2.75) is 18.9 Å². The Morgan fingerprint density at radius 1 is 1.50 bits per heavy atom. The highest BCUT2D eigenvalue weighted by atomic mass is 16.2. The Hall–Kier alpha value is -0.610. The Kier molecular flexibility index (Phi) is 3.03. The van der Waals surface area contributed by atoms with Crippen LogP contribution in [0.3, 0.4) is 0 Å². The molecule has 0 aromatic carbocycles. The summed E-state index contributed by atoms with van der Waals surface area (Å²) in [6, 6.07) is 0.468.